The summed E-state index contributed by atoms with van der Waals surface area (Å²) in [5.74, 6) is 0.959. The number of rotatable bonds is 5. The van der Waals surface area contributed by atoms with Gasteiger partial charge in [-0.2, -0.15) is 13.2 Å². The SMILES string of the molecule is COc1ccc(Nc2nc(/C=C3/SCCN3C(=O)c3cccc(C(F)(F)F)c3)cs2)cc1. The summed E-state index contributed by atoms with van der Waals surface area (Å²) >= 11 is 2.88. The van der Waals surface area contributed by atoms with E-state index in [1.165, 1.54) is 40.1 Å². The van der Waals surface area contributed by atoms with Crippen LogP contribution in [0.25, 0.3) is 6.08 Å². The van der Waals surface area contributed by atoms with Crippen molar-refractivity contribution < 1.29 is 22.7 Å². The summed E-state index contributed by atoms with van der Waals surface area (Å²) in [6.07, 6.45) is -2.72. The summed E-state index contributed by atoms with van der Waals surface area (Å²) in [7, 11) is 1.60. The first kappa shape index (κ1) is 22.2. The number of thiazole rings is 1. The number of anilines is 2. The molecule has 0 radical (unpaired) electrons. The van der Waals surface area contributed by atoms with E-state index in [0.717, 1.165) is 23.6 Å². The zero-order chi connectivity index (χ0) is 22.7. The van der Waals surface area contributed by atoms with Gasteiger partial charge in [0.2, 0.25) is 0 Å². The summed E-state index contributed by atoms with van der Waals surface area (Å²) in [4.78, 5) is 18.9. The molecule has 1 aliphatic rings. The summed E-state index contributed by atoms with van der Waals surface area (Å²) in [6, 6.07) is 11.9. The summed E-state index contributed by atoms with van der Waals surface area (Å²) in [6.45, 7) is 0.423. The molecule has 0 spiro atoms. The van der Waals surface area contributed by atoms with Crippen molar-refractivity contribution in [2.75, 3.05) is 24.7 Å². The van der Waals surface area contributed by atoms with Gasteiger partial charge >= 0.3 is 6.18 Å². The van der Waals surface area contributed by atoms with E-state index >= 15 is 0 Å². The number of nitrogens with zero attached hydrogens (tertiary/aromatic N) is 2. The van der Waals surface area contributed by atoms with Crippen LogP contribution in [0, 0.1) is 0 Å². The zero-order valence-electron chi connectivity index (χ0n) is 16.8. The second-order valence-electron chi connectivity index (χ2n) is 6.80. The Morgan fingerprint density at radius 3 is 2.72 bits per heavy atom. The van der Waals surface area contributed by atoms with E-state index in [-0.39, 0.29) is 5.56 Å². The number of hydrogen-bond donors (Lipinski definition) is 1. The highest BCUT2D eigenvalue weighted by Gasteiger charge is 2.32. The molecule has 10 heteroatoms. The number of hydrogen-bond acceptors (Lipinski definition) is 6. The van der Waals surface area contributed by atoms with Crippen molar-refractivity contribution in [2.24, 2.45) is 0 Å². The molecular formula is C22H18F3N3O2S2. The first-order valence-corrected chi connectivity index (χ1v) is 11.4. The number of benzene rings is 2. The summed E-state index contributed by atoms with van der Waals surface area (Å²) < 4.78 is 44.2. The van der Waals surface area contributed by atoms with Gasteiger partial charge in [-0.3, -0.25) is 4.79 Å². The van der Waals surface area contributed by atoms with Crippen molar-refractivity contribution in [3.05, 3.63) is 75.8 Å². The van der Waals surface area contributed by atoms with E-state index in [0.29, 0.717) is 28.2 Å². The van der Waals surface area contributed by atoms with Crippen molar-refractivity contribution in [2.45, 2.75) is 6.18 Å². The van der Waals surface area contributed by atoms with Gasteiger partial charge in [0.05, 0.1) is 23.4 Å². The lowest BCUT2D eigenvalue weighted by Crippen LogP contribution is -2.27. The standard InChI is InChI=1S/C22H18F3N3O2S2/c1-30-18-7-5-16(6-8-18)26-21-27-17(13-32-21)12-19-28(9-10-31-19)20(29)14-3-2-4-15(11-14)22(23,24)25/h2-8,11-13H,9-10H2,1H3,(H,26,27)/b19-12+. The Morgan fingerprint density at radius 2 is 2.00 bits per heavy atom. The number of nitrogens with one attached hydrogen (secondary N) is 1. The smallest absolute Gasteiger partial charge is 0.416 e. The number of methoxy groups -OCH3 is 1. The van der Waals surface area contributed by atoms with E-state index in [9.17, 15) is 18.0 Å². The molecule has 32 heavy (non-hydrogen) atoms. The Kier molecular flexibility index (Phi) is 6.43. The molecule has 3 aromatic rings. The zero-order valence-corrected chi connectivity index (χ0v) is 18.5. The third kappa shape index (κ3) is 5.08. The van der Waals surface area contributed by atoms with E-state index in [1.54, 1.807) is 13.2 Å². The highest BCUT2D eigenvalue weighted by atomic mass is 32.2. The highest BCUT2D eigenvalue weighted by molar-refractivity contribution is 8.03. The molecular weight excluding hydrogens is 459 g/mol. The van der Waals surface area contributed by atoms with E-state index in [1.807, 2.05) is 29.6 Å². The maximum Gasteiger partial charge on any atom is 0.416 e. The summed E-state index contributed by atoms with van der Waals surface area (Å²) in [5, 5.41) is 6.40. The first-order valence-electron chi connectivity index (χ1n) is 9.54. The third-order valence-corrected chi connectivity index (χ3v) is 6.44. The lowest BCUT2D eigenvalue weighted by atomic mass is 10.1. The van der Waals surface area contributed by atoms with Crippen LogP contribution in [0.3, 0.4) is 0 Å². The lowest BCUT2D eigenvalue weighted by molar-refractivity contribution is -0.137. The van der Waals surface area contributed by atoms with Crippen molar-refractivity contribution in [3.63, 3.8) is 0 Å². The normalized spacial score (nSPS) is 15.2. The Morgan fingerprint density at radius 1 is 1.22 bits per heavy atom. The van der Waals surface area contributed by atoms with Crippen LogP contribution in [0.1, 0.15) is 21.6 Å². The van der Waals surface area contributed by atoms with Gasteiger partial charge in [-0.1, -0.05) is 6.07 Å². The van der Waals surface area contributed by atoms with Crippen LogP contribution in [0.5, 0.6) is 5.75 Å². The van der Waals surface area contributed by atoms with E-state index in [2.05, 4.69) is 10.3 Å². The predicted octanol–water partition coefficient (Wildman–Crippen LogP) is 6.10. The van der Waals surface area contributed by atoms with Gasteiger partial charge in [-0.15, -0.1) is 23.1 Å². The number of carbonyl (C=O) groups excluding carboxylic acids is 1. The van der Waals surface area contributed by atoms with Gasteiger partial charge < -0.3 is 15.0 Å². The Labute approximate surface area is 190 Å². The number of carbonyl (C=O) groups is 1. The van der Waals surface area contributed by atoms with Gasteiger partial charge in [-0.25, -0.2) is 4.98 Å². The van der Waals surface area contributed by atoms with Crippen molar-refractivity contribution in [3.8, 4) is 5.75 Å². The summed E-state index contributed by atoms with van der Waals surface area (Å²) in [5.41, 5.74) is 0.691. The van der Waals surface area contributed by atoms with Crippen LogP contribution in [-0.4, -0.2) is 35.2 Å². The van der Waals surface area contributed by atoms with Gasteiger partial charge in [0.15, 0.2) is 5.13 Å². The fourth-order valence-electron chi connectivity index (χ4n) is 3.07. The molecule has 1 fully saturated rings. The Balaban J connectivity index is 1.50. The number of ether oxygens (including phenoxy) is 1. The minimum absolute atomic E-state index is 0.00774. The molecule has 0 bridgehead atoms. The highest BCUT2D eigenvalue weighted by Crippen LogP contribution is 2.34. The molecule has 166 valence electrons. The Bertz CT molecular complexity index is 1140. The van der Waals surface area contributed by atoms with Crippen molar-refractivity contribution in [1.82, 2.24) is 9.88 Å². The minimum atomic E-state index is -4.50. The monoisotopic (exact) mass is 477 g/mol. The molecule has 1 amide bonds. The maximum absolute atomic E-state index is 13.0. The Hall–Kier alpha value is -2.98. The quantitative estimate of drug-likeness (QED) is 0.481. The number of thioether (sulfide) groups is 1. The molecule has 1 saturated heterocycles. The van der Waals surface area contributed by atoms with Crippen LogP contribution in [0.4, 0.5) is 24.0 Å². The topological polar surface area (TPSA) is 54.5 Å². The van der Waals surface area contributed by atoms with Crippen molar-refractivity contribution >= 4 is 45.9 Å². The molecule has 1 aromatic heterocycles. The fraction of sp³-hybridized carbons (Fsp3) is 0.182. The van der Waals surface area contributed by atoms with Crippen LogP contribution in [-0.2, 0) is 6.18 Å². The van der Waals surface area contributed by atoms with Gasteiger partial charge in [0.25, 0.3) is 5.91 Å². The second kappa shape index (κ2) is 9.25. The number of aromatic nitrogens is 1. The van der Waals surface area contributed by atoms with E-state index in [4.69, 9.17) is 4.74 Å². The third-order valence-electron chi connectivity index (χ3n) is 4.65. The van der Waals surface area contributed by atoms with E-state index < -0.39 is 17.6 Å². The second-order valence-corrected chi connectivity index (χ2v) is 8.77. The van der Waals surface area contributed by atoms with Gasteiger partial charge in [0.1, 0.15) is 5.75 Å². The molecule has 1 aliphatic heterocycles. The number of alkyl halides is 3. The average Bonchev–Trinajstić information content (AvgIpc) is 3.43. The fourth-order valence-corrected chi connectivity index (χ4v) is 4.77. The minimum Gasteiger partial charge on any atom is -0.497 e. The molecule has 0 saturated carbocycles. The first-order chi connectivity index (χ1) is 15.3. The van der Waals surface area contributed by atoms with Crippen molar-refractivity contribution in [1.29, 1.82) is 0 Å². The molecule has 0 atom stereocenters. The molecule has 2 heterocycles. The molecule has 0 aliphatic carbocycles. The number of amides is 1. The van der Waals surface area contributed by atoms with Crippen LogP contribution in [0.2, 0.25) is 0 Å². The van der Waals surface area contributed by atoms with Crippen LogP contribution in [0.15, 0.2) is 58.9 Å². The lowest BCUT2D eigenvalue weighted by Gasteiger charge is -2.17. The molecule has 5 nitrogen and oxygen atoms in total. The molecule has 1 N–H and O–H groups in total. The van der Waals surface area contributed by atoms with Crippen LogP contribution >= 0.6 is 23.1 Å². The molecule has 0 unspecified atom stereocenters. The molecule has 2 aromatic carbocycles. The number of halogens is 3. The average molecular weight is 478 g/mol. The van der Waals surface area contributed by atoms with Crippen LogP contribution < -0.4 is 10.1 Å². The van der Waals surface area contributed by atoms with Gasteiger partial charge in [0, 0.05) is 28.9 Å². The predicted molar refractivity (Wildman–Crippen MR) is 121 cm³/mol. The van der Waals surface area contributed by atoms with Gasteiger partial charge in [-0.05, 0) is 48.5 Å². The maximum atomic E-state index is 13.0. The molecule has 4 rings (SSSR count). The largest absolute Gasteiger partial charge is 0.497 e.